The lowest BCUT2D eigenvalue weighted by molar-refractivity contribution is -0.129. The van der Waals surface area contributed by atoms with Crippen LogP contribution in [-0.4, -0.2) is 29.0 Å². The van der Waals surface area contributed by atoms with Crippen LogP contribution in [0.4, 0.5) is 0 Å². The molecule has 0 aromatic heterocycles. The lowest BCUT2D eigenvalue weighted by Gasteiger charge is -2.24. The predicted molar refractivity (Wildman–Crippen MR) is 58.4 cm³/mol. The van der Waals surface area contributed by atoms with Crippen LogP contribution in [0.3, 0.4) is 0 Å². The second kappa shape index (κ2) is 5.56. The quantitative estimate of drug-likeness (QED) is 0.692. The molecule has 0 saturated carbocycles. The molecule has 0 aliphatic carbocycles. The first-order valence-electron chi connectivity index (χ1n) is 4.84. The number of aliphatic hydroxyl groups excluding tert-OH is 1. The third kappa shape index (κ3) is 4.82. The molecule has 0 fully saturated rings. The topological polar surface area (TPSA) is 49.3 Å². The van der Waals surface area contributed by atoms with E-state index in [2.05, 4.69) is 5.32 Å². The summed E-state index contributed by atoms with van der Waals surface area (Å²) in [5.74, 6) is 0.223. The first-order valence-corrected chi connectivity index (χ1v) is 5.38. The van der Waals surface area contributed by atoms with E-state index in [0.29, 0.717) is 12.3 Å². The fraction of sp³-hybridized carbons (Fsp3) is 0.900. The molecule has 2 unspecified atom stereocenters. The van der Waals surface area contributed by atoms with E-state index < -0.39 is 11.5 Å². The number of alkyl halides is 1. The van der Waals surface area contributed by atoms with Gasteiger partial charge in [0, 0.05) is 11.9 Å². The van der Waals surface area contributed by atoms with Gasteiger partial charge in [-0.15, -0.1) is 11.6 Å². The van der Waals surface area contributed by atoms with Crippen molar-refractivity contribution in [3.8, 4) is 0 Å². The summed E-state index contributed by atoms with van der Waals surface area (Å²) >= 11 is 5.67. The third-order valence-corrected chi connectivity index (χ3v) is 2.69. The fourth-order valence-corrected chi connectivity index (χ4v) is 1.17. The lowest BCUT2D eigenvalue weighted by atomic mass is 9.94. The Kier molecular flexibility index (Phi) is 5.45. The number of amides is 1. The Morgan fingerprint density at radius 2 is 2.00 bits per heavy atom. The molecule has 84 valence electrons. The maximum absolute atomic E-state index is 11.6. The Balaban J connectivity index is 4.06. The van der Waals surface area contributed by atoms with Gasteiger partial charge in [-0.25, -0.2) is 0 Å². The number of nitrogens with one attached hydrogen (secondary N) is 1. The average Bonchev–Trinajstić information content (AvgIpc) is 2.02. The van der Waals surface area contributed by atoms with E-state index in [-0.39, 0.29) is 11.9 Å². The smallest absolute Gasteiger partial charge is 0.227 e. The number of carbonyl (C=O) groups is 1. The number of aliphatic hydroxyl groups is 1. The van der Waals surface area contributed by atoms with Crippen LogP contribution >= 0.6 is 11.6 Å². The number of rotatable bonds is 5. The molecule has 0 aromatic carbocycles. The summed E-state index contributed by atoms with van der Waals surface area (Å²) in [6.45, 7) is 7.17. The molecule has 14 heavy (non-hydrogen) atoms. The largest absolute Gasteiger partial charge is 0.393 e. The Morgan fingerprint density at radius 3 is 2.36 bits per heavy atom. The summed E-state index contributed by atoms with van der Waals surface area (Å²) in [4.78, 5) is 11.6. The Morgan fingerprint density at radius 1 is 1.50 bits per heavy atom. The average molecular weight is 222 g/mol. The number of hydrogen-bond donors (Lipinski definition) is 2. The highest BCUT2D eigenvalue weighted by atomic mass is 35.5. The molecule has 0 heterocycles. The molecule has 0 saturated heterocycles. The van der Waals surface area contributed by atoms with Crippen molar-refractivity contribution in [2.45, 2.75) is 46.3 Å². The van der Waals surface area contributed by atoms with Crippen LogP contribution in [0.2, 0.25) is 0 Å². The molecule has 0 spiro atoms. The van der Waals surface area contributed by atoms with Gasteiger partial charge in [0.25, 0.3) is 0 Å². The SMILES string of the molecule is CC(O)CC(C)NC(=O)C(C)(C)CCl. The van der Waals surface area contributed by atoms with Gasteiger partial charge in [-0.2, -0.15) is 0 Å². The summed E-state index contributed by atoms with van der Waals surface area (Å²) in [6.07, 6.45) is 0.161. The molecule has 0 bridgehead atoms. The van der Waals surface area contributed by atoms with Gasteiger partial charge in [0.15, 0.2) is 0 Å². The van der Waals surface area contributed by atoms with Gasteiger partial charge in [-0.05, 0) is 34.1 Å². The van der Waals surface area contributed by atoms with E-state index in [9.17, 15) is 4.79 Å². The van der Waals surface area contributed by atoms with E-state index in [1.807, 2.05) is 6.92 Å². The van der Waals surface area contributed by atoms with Crippen LogP contribution in [0.15, 0.2) is 0 Å². The van der Waals surface area contributed by atoms with Crippen molar-refractivity contribution in [3.05, 3.63) is 0 Å². The van der Waals surface area contributed by atoms with Gasteiger partial charge < -0.3 is 10.4 Å². The minimum absolute atomic E-state index is 0.0232. The maximum atomic E-state index is 11.6. The minimum Gasteiger partial charge on any atom is -0.393 e. The van der Waals surface area contributed by atoms with Crippen LogP contribution in [0.5, 0.6) is 0 Å². The molecular formula is C10H20ClNO2. The van der Waals surface area contributed by atoms with E-state index in [4.69, 9.17) is 16.7 Å². The van der Waals surface area contributed by atoms with Gasteiger partial charge in [-0.3, -0.25) is 4.79 Å². The van der Waals surface area contributed by atoms with Crippen molar-refractivity contribution in [2.75, 3.05) is 5.88 Å². The van der Waals surface area contributed by atoms with Crippen LogP contribution in [-0.2, 0) is 4.79 Å². The number of carbonyl (C=O) groups excluding carboxylic acids is 1. The molecule has 0 rings (SSSR count). The highest BCUT2D eigenvalue weighted by molar-refractivity contribution is 6.19. The summed E-state index contributed by atoms with van der Waals surface area (Å²) in [5.41, 5.74) is -0.547. The highest BCUT2D eigenvalue weighted by Crippen LogP contribution is 2.17. The monoisotopic (exact) mass is 221 g/mol. The van der Waals surface area contributed by atoms with Crippen LogP contribution in [0.1, 0.15) is 34.1 Å². The van der Waals surface area contributed by atoms with Crippen molar-refractivity contribution in [1.82, 2.24) is 5.32 Å². The lowest BCUT2D eigenvalue weighted by Crippen LogP contribution is -2.43. The molecule has 2 atom stereocenters. The van der Waals surface area contributed by atoms with Gasteiger partial charge in [0.05, 0.1) is 11.5 Å². The van der Waals surface area contributed by atoms with Gasteiger partial charge in [0.2, 0.25) is 5.91 Å². The van der Waals surface area contributed by atoms with Crippen molar-refractivity contribution in [2.24, 2.45) is 5.41 Å². The molecule has 0 aliphatic rings. The second-order valence-corrected chi connectivity index (χ2v) is 4.74. The summed E-state index contributed by atoms with van der Waals surface area (Å²) in [5, 5.41) is 11.9. The fourth-order valence-electron chi connectivity index (χ4n) is 1.05. The maximum Gasteiger partial charge on any atom is 0.227 e. The van der Waals surface area contributed by atoms with Crippen LogP contribution < -0.4 is 5.32 Å². The van der Waals surface area contributed by atoms with Crippen molar-refractivity contribution in [3.63, 3.8) is 0 Å². The molecule has 0 aromatic rings. The Hall–Kier alpha value is -0.280. The molecule has 4 heteroatoms. The minimum atomic E-state index is -0.547. The van der Waals surface area contributed by atoms with Crippen LogP contribution in [0.25, 0.3) is 0 Å². The molecule has 0 aliphatic heterocycles. The molecule has 1 amide bonds. The number of halogens is 1. The van der Waals surface area contributed by atoms with Gasteiger partial charge in [-0.1, -0.05) is 0 Å². The zero-order valence-corrected chi connectivity index (χ0v) is 10.1. The molecule has 0 radical (unpaired) electrons. The zero-order chi connectivity index (χ0) is 11.4. The summed E-state index contributed by atoms with van der Waals surface area (Å²) < 4.78 is 0. The van der Waals surface area contributed by atoms with Crippen molar-refractivity contribution < 1.29 is 9.90 Å². The van der Waals surface area contributed by atoms with E-state index >= 15 is 0 Å². The number of hydrogen-bond acceptors (Lipinski definition) is 2. The normalized spacial score (nSPS) is 16.1. The molecule has 2 N–H and O–H groups in total. The van der Waals surface area contributed by atoms with Crippen molar-refractivity contribution in [1.29, 1.82) is 0 Å². The van der Waals surface area contributed by atoms with Gasteiger partial charge in [0.1, 0.15) is 0 Å². The third-order valence-electron chi connectivity index (χ3n) is 2.02. The summed E-state index contributed by atoms with van der Waals surface area (Å²) in [6, 6.07) is -0.0232. The first kappa shape index (κ1) is 13.7. The highest BCUT2D eigenvalue weighted by Gasteiger charge is 2.27. The van der Waals surface area contributed by atoms with E-state index in [1.54, 1.807) is 20.8 Å². The van der Waals surface area contributed by atoms with Gasteiger partial charge >= 0.3 is 0 Å². The van der Waals surface area contributed by atoms with E-state index in [0.717, 1.165) is 0 Å². The van der Waals surface area contributed by atoms with Crippen LogP contribution in [0, 0.1) is 5.41 Å². The van der Waals surface area contributed by atoms with E-state index in [1.165, 1.54) is 0 Å². The van der Waals surface area contributed by atoms with Crippen molar-refractivity contribution >= 4 is 17.5 Å². The molecular weight excluding hydrogens is 202 g/mol. The standard InChI is InChI=1S/C10H20ClNO2/c1-7(5-8(2)13)12-9(14)10(3,4)6-11/h7-8,13H,5-6H2,1-4H3,(H,12,14). The molecule has 3 nitrogen and oxygen atoms in total. The Bertz CT molecular complexity index is 193. The zero-order valence-electron chi connectivity index (χ0n) is 9.30. The predicted octanol–water partition coefficient (Wildman–Crippen LogP) is 1.53. The first-order chi connectivity index (χ1) is 6.29. The second-order valence-electron chi connectivity index (χ2n) is 4.48. The summed E-state index contributed by atoms with van der Waals surface area (Å²) in [7, 11) is 0. The Labute approximate surface area is 90.8 Å².